The van der Waals surface area contributed by atoms with Crippen molar-refractivity contribution in [3.63, 3.8) is 0 Å². The van der Waals surface area contributed by atoms with Gasteiger partial charge in [-0.1, -0.05) is 0 Å². The molecule has 1 fully saturated rings. The van der Waals surface area contributed by atoms with E-state index in [1.807, 2.05) is 11.0 Å². The van der Waals surface area contributed by atoms with Crippen molar-refractivity contribution in [3.05, 3.63) is 47.8 Å². The average molecular weight is 334 g/mol. The third-order valence-electron chi connectivity index (χ3n) is 4.01. The van der Waals surface area contributed by atoms with Crippen molar-refractivity contribution in [1.29, 1.82) is 0 Å². The fourth-order valence-electron chi connectivity index (χ4n) is 2.78. The summed E-state index contributed by atoms with van der Waals surface area (Å²) in [5, 5.41) is 13.3. The van der Waals surface area contributed by atoms with Gasteiger partial charge in [0.25, 0.3) is 0 Å². The summed E-state index contributed by atoms with van der Waals surface area (Å²) < 4.78 is 26.9. The lowest BCUT2D eigenvalue weighted by Crippen LogP contribution is -2.44. The highest BCUT2D eigenvalue weighted by molar-refractivity contribution is 5.80. The highest BCUT2D eigenvalue weighted by Gasteiger charge is 2.25. The molecule has 1 aliphatic heterocycles. The van der Waals surface area contributed by atoms with Crippen molar-refractivity contribution in [2.75, 3.05) is 25.0 Å². The van der Waals surface area contributed by atoms with Gasteiger partial charge in [-0.15, -0.1) is 0 Å². The fourth-order valence-corrected chi connectivity index (χ4v) is 2.78. The number of benzene rings is 1. The second-order valence-corrected chi connectivity index (χ2v) is 5.68. The maximum absolute atomic E-state index is 13.9. The first-order valence-corrected chi connectivity index (χ1v) is 7.81. The Bertz CT molecular complexity index is 701. The zero-order chi connectivity index (χ0) is 16.9. The van der Waals surface area contributed by atoms with Crippen LogP contribution in [-0.2, 0) is 6.54 Å². The number of H-pyrrole nitrogens is 1. The minimum absolute atomic E-state index is 0.141. The molecule has 2 aromatic rings. The van der Waals surface area contributed by atoms with Crippen molar-refractivity contribution in [2.24, 2.45) is 4.99 Å². The molecule has 0 aliphatic carbocycles. The Kier molecular flexibility index (Phi) is 4.93. The molecule has 1 unspecified atom stereocenters. The van der Waals surface area contributed by atoms with E-state index in [1.165, 1.54) is 12.1 Å². The maximum atomic E-state index is 13.9. The number of aliphatic imine (C=N–C) groups is 1. The molecule has 0 bridgehead atoms. The number of guanidine groups is 1. The first-order chi connectivity index (χ1) is 11.7. The van der Waals surface area contributed by atoms with Gasteiger partial charge < -0.3 is 15.5 Å². The normalized spacial score (nSPS) is 18.0. The topological polar surface area (TPSA) is 68.3 Å². The number of nitrogens with zero attached hydrogens (tertiary/aromatic N) is 3. The van der Waals surface area contributed by atoms with Crippen LogP contribution in [0.4, 0.5) is 14.5 Å². The Morgan fingerprint density at radius 1 is 1.42 bits per heavy atom. The van der Waals surface area contributed by atoms with Crippen molar-refractivity contribution >= 4 is 11.6 Å². The minimum Gasteiger partial charge on any atom is -0.367 e. The van der Waals surface area contributed by atoms with E-state index < -0.39 is 11.6 Å². The van der Waals surface area contributed by atoms with Gasteiger partial charge in [-0.25, -0.2) is 8.78 Å². The van der Waals surface area contributed by atoms with Crippen LogP contribution >= 0.6 is 0 Å². The van der Waals surface area contributed by atoms with E-state index >= 15 is 0 Å². The molecule has 0 radical (unpaired) electrons. The van der Waals surface area contributed by atoms with Gasteiger partial charge in [0.2, 0.25) is 0 Å². The molecule has 1 aliphatic rings. The molecular formula is C16H20F2N6. The molecule has 128 valence electrons. The maximum Gasteiger partial charge on any atom is 0.191 e. The van der Waals surface area contributed by atoms with E-state index in [0.717, 1.165) is 18.2 Å². The van der Waals surface area contributed by atoms with Crippen LogP contribution in [0.1, 0.15) is 12.1 Å². The number of rotatable bonds is 4. The Morgan fingerprint density at radius 3 is 3.00 bits per heavy atom. The van der Waals surface area contributed by atoms with E-state index in [2.05, 4.69) is 25.8 Å². The third-order valence-corrected chi connectivity index (χ3v) is 4.01. The van der Waals surface area contributed by atoms with Gasteiger partial charge in [0.1, 0.15) is 11.6 Å². The second kappa shape index (κ2) is 7.29. The Morgan fingerprint density at radius 2 is 2.29 bits per heavy atom. The van der Waals surface area contributed by atoms with Crippen molar-refractivity contribution in [3.8, 4) is 0 Å². The number of aromatic amines is 1. The summed E-state index contributed by atoms with van der Waals surface area (Å²) in [6.45, 7) is 1.92. The van der Waals surface area contributed by atoms with Crippen LogP contribution in [0.3, 0.4) is 0 Å². The summed E-state index contributed by atoms with van der Waals surface area (Å²) >= 11 is 0. The van der Waals surface area contributed by atoms with Crippen LogP contribution in [-0.4, -0.2) is 42.3 Å². The molecule has 6 nitrogen and oxygen atoms in total. The Hall–Kier alpha value is -2.64. The van der Waals surface area contributed by atoms with Gasteiger partial charge in [-0.3, -0.25) is 10.1 Å². The number of anilines is 1. The Balaban J connectivity index is 1.55. The van der Waals surface area contributed by atoms with Crippen LogP contribution in [0.2, 0.25) is 0 Å². The first kappa shape index (κ1) is 16.2. The molecule has 1 aromatic heterocycles. The quantitative estimate of drug-likeness (QED) is 0.587. The molecule has 0 saturated carbocycles. The van der Waals surface area contributed by atoms with E-state index in [0.29, 0.717) is 31.3 Å². The van der Waals surface area contributed by atoms with Crippen molar-refractivity contribution in [1.82, 2.24) is 20.8 Å². The Labute approximate surface area is 139 Å². The molecule has 0 spiro atoms. The van der Waals surface area contributed by atoms with Gasteiger partial charge in [0.05, 0.1) is 17.9 Å². The highest BCUT2D eigenvalue weighted by Crippen LogP contribution is 2.24. The molecule has 3 rings (SSSR count). The number of hydrogen-bond donors (Lipinski definition) is 3. The summed E-state index contributed by atoms with van der Waals surface area (Å²) in [7, 11) is 1.70. The molecule has 1 aromatic carbocycles. The highest BCUT2D eigenvalue weighted by atomic mass is 19.1. The van der Waals surface area contributed by atoms with E-state index in [1.54, 1.807) is 13.2 Å². The smallest absolute Gasteiger partial charge is 0.191 e. The van der Waals surface area contributed by atoms with Crippen LogP contribution < -0.4 is 15.5 Å². The molecule has 24 heavy (non-hydrogen) atoms. The number of aromatic nitrogens is 2. The van der Waals surface area contributed by atoms with Gasteiger partial charge in [0.15, 0.2) is 5.96 Å². The zero-order valence-electron chi connectivity index (χ0n) is 13.4. The molecule has 3 N–H and O–H groups in total. The number of hydrogen-bond acceptors (Lipinski definition) is 3. The van der Waals surface area contributed by atoms with Gasteiger partial charge in [-0.05, 0) is 24.6 Å². The van der Waals surface area contributed by atoms with Crippen LogP contribution in [0.25, 0.3) is 0 Å². The van der Waals surface area contributed by atoms with Crippen molar-refractivity contribution in [2.45, 2.75) is 19.0 Å². The lowest BCUT2D eigenvalue weighted by atomic mass is 10.2. The summed E-state index contributed by atoms with van der Waals surface area (Å²) in [4.78, 5) is 6.11. The lowest BCUT2D eigenvalue weighted by Gasteiger charge is -2.20. The molecule has 1 atom stereocenters. The SMILES string of the molecule is CN=C(NCc1ccn[nH]1)NC1CCN(c2ccc(F)cc2F)C1. The first-order valence-electron chi connectivity index (χ1n) is 7.81. The molecule has 2 heterocycles. The van der Waals surface area contributed by atoms with E-state index in [9.17, 15) is 8.78 Å². The predicted molar refractivity (Wildman–Crippen MR) is 88.9 cm³/mol. The van der Waals surface area contributed by atoms with E-state index in [4.69, 9.17) is 0 Å². The number of halogens is 2. The molecular weight excluding hydrogens is 314 g/mol. The fraction of sp³-hybridized carbons (Fsp3) is 0.375. The molecule has 0 amide bonds. The van der Waals surface area contributed by atoms with Crippen LogP contribution in [0, 0.1) is 11.6 Å². The monoisotopic (exact) mass is 334 g/mol. The predicted octanol–water partition coefficient (Wildman–Crippen LogP) is 1.63. The summed E-state index contributed by atoms with van der Waals surface area (Å²) in [6, 6.07) is 5.71. The minimum atomic E-state index is -0.562. The standard InChI is InChI=1S/C16H20F2N6/c1-19-16(20-9-12-4-6-21-23-12)22-13-5-7-24(10-13)15-3-2-11(17)8-14(15)18/h2-4,6,8,13H,5,7,9-10H2,1H3,(H,21,23)(H2,19,20,22). The summed E-state index contributed by atoms with van der Waals surface area (Å²) in [5.74, 6) is -0.415. The van der Waals surface area contributed by atoms with Gasteiger partial charge >= 0.3 is 0 Å². The zero-order valence-corrected chi connectivity index (χ0v) is 13.4. The second-order valence-electron chi connectivity index (χ2n) is 5.68. The van der Waals surface area contributed by atoms with Crippen LogP contribution in [0.15, 0.2) is 35.5 Å². The molecule has 8 heteroatoms. The van der Waals surface area contributed by atoms with Crippen LogP contribution in [0.5, 0.6) is 0 Å². The average Bonchev–Trinajstić information content (AvgIpc) is 3.23. The summed E-state index contributed by atoms with van der Waals surface area (Å²) in [5.41, 5.74) is 1.39. The summed E-state index contributed by atoms with van der Waals surface area (Å²) in [6.07, 6.45) is 2.54. The third kappa shape index (κ3) is 3.81. The van der Waals surface area contributed by atoms with Crippen molar-refractivity contribution < 1.29 is 8.78 Å². The molecule has 1 saturated heterocycles. The largest absolute Gasteiger partial charge is 0.367 e. The van der Waals surface area contributed by atoms with E-state index in [-0.39, 0.29) is 6.04 Å². The number of nitrogens with one attached hydrogen (secondary N) is 3. The van der Waals surface area contributed by atoms with Gasteiger partial charge in [-0.2, -0.15) is 5.10 Å². The van der Waals surface area contributed by atoms with Gasteiger partial charge in [0, 0.05) is 38.4 Å². The lowest BCUT2D eigenvalue weighted by molar-refractivity contribution is 0.580.